The monoisotopic (exact) mass is 352 g/mol. The SMILES string of the molecule is C=C(C)C(=O)OCCOC(=O)C1CC(C)CC=C1C(=O)OCC1CO1. The predicted molar refractivity (Wildman–Crippen MR) is 87.4 cm³/mol. The van der Waals surface area contributed by atoms with E-state index in [0.717, 1.165) is 0 Å². The lowest BCUT2D eigenvalue weighted by molar-refractivity contribution is -0.155. The molecule has 1 heterocycles. The second-order valence-corrected chi connectivity index (χ2v) is 6.43. The molecule has 2 aliphatic rings. The summed E-state index contributed by atoms with van der Waals surface area (Å²) in [5.41, 5.74) is 0.614. The Morgan fingerprint density at radius 2 is 1.92 bits per heavy atom. The maximum Gasteiger partial charge on any atom is 0.334 e. The molecule has 0 spiro atoms. The summed E-state index contributed by atoms with van der Waals surface area (Å²) in [7, 11) is 0. The van der Waals surface area contributed by atoms with Crippen LogP contribution in [0.4, 0.5) is 0 Å². The molecule has 3 atom stereocenters. The van der Waals surface area contributed by atoms with Gasteiger partial charge in [0.15, 0.2) is 0 Å². The van der Waals surface area contributed by atoms with E-state index in [1.54, 1.807) is 6.08 Å². The zero-order valence-corrected chi connectivity index (χ0v) is 14.6. The predicted octanol–water partition coefficient (Wildman–Crippen LogP) is 1.56. The van der Waals surface area contributed by atoms with Gasteiger partial charge in [-0.15, -0.1) is 0 Å². The Morgan fingerprint density at radius 3 is 2.56 bits per heavy atom. The topological polar surface area (TPSA) is 91.4 Å². The number of ether oxygens (including phenoxy) is 4. The van der Waals surface area contributed by atoms with Crippen molar-refractivity contribution in [3.63, 3.8) is 0 Å². The summed E-state index contributed by atoms with van der Waals surface area (Å²) in [5.74, 6) is -1.94. The van der Waals surface area contributed by atoms with Crippen LogP contribution in [0.15, 0.2) is 23.8 Å². The lowest BCUT2D eigenvalue weighted by Gasteiger charge is -2.25. The number of rotatable bonds is 8. The van der Waals surface area contributed by atoms with E-state index in [1.807, 2.05) is 6.92 Å². The molecule has 1 saturated heterocycles. The van der Waals surface area contributed by atoms with Crippen LogP contribution < -0.4 is 0 Å². The first kappa shape index (κ1) is 19.2. The van der Waals surface area contributed by atoms with Crippen molar-refractivity contribution < 1.29 is 33.3 Å². The van der Waals surface area contributed by atoms with Gasteiger partial charge in [-0.1, -0.05) is 19.6 Å². The number of epoxide rings is 1. The molecule has 138 valence electrons. The van der Waals surface area contributed by atoms with E-state index in [4.69, 9.17) is 18.9 Å². The van der Waals surface area contributed by atoms with Crippen LogP contribution in [0.2, 0.25) is 0 Å². The highest BCUT2D eigenvalue weighted by molar-refractivity contribution is 5.95. The van der Waals surface area contributed by atoms with E-state index in [1.165, 1.54) is 6.92 Å². The number of hydrogen-bond acceptors (Lipinski definition) is 7. The number of esters is 3. The quantitative estimate of drug-likeness (QED) is 0.215. The lowest BCUT2D eigenvalue weighted by atomic mass is 9.82. The normalized spacial score (nSPS) is 24.7. The summed E-state index contributed by atoms with van der Waals surface area (Å²) >= 11 is 0. The molecule has 2 rings (SSSR count). The summed E-state index contributed by atoms with van der Waals surface area (Å²) in [6.45, 7) is 7.68. The van der Waals surface area contributed by atoms with Gasteiger partial charge in [0, 0.05) is 11.1 Å². The molecule has 0 aromatic carbocycles. The maximum absolute atomic E-state index is 12.3. The smallest absolute Gasteiger partial charge is 0.334 e. The molecule has 0 amide bonds. The number of allylic oxidation sites excluding steroid dienone is 1. The largest absolute Gasteiger partial charge is 0.462 e. The van der Waals surface area contributed by atoms with Gasteiger partial charge in [-0.25, -0.2) is 9.59 Å². The fourth-order valence-electron chi connectivity index (χ4n) is 2.46. The molecule has 0 N–H and O–H groups in total. The second kappa shape index (κ2) is 8.80. The van der Waals surface area contributed by atoms with E-state index >= 15 is 0 Å². The molecule has 0 bridgehead atoms. The summed E-state index contributed by atoms with van der Waals surface area (Å²) in [5, 5.41) is 0. The van der Waals surface area contributed by atoms with E-state index in [-0.39, 0.29) is 37.4 Å². The molecule has 0 saturated carbocycles. The summed E-state index contributed by atoms with van der Waals surface area (Å²) in [6, 6.07) is 0. The molecule has 1 fully saturated rings. The number of hydrogen-bond donors (Lipinski definition) is 0. The molecule has 7 nitrogen and oxygen atoms in total. The number of carbonyl (C=O) groups is 3. The molecule has 1 aliphatic heterocycles. The molecular weight excluding hydrogens is 328 g/mol. The lowest BCUT2D eigenvalue weighted by Crippen LogP contribution is -2.30. The van der Waals surface area contributed by atoms with Gasteiger partial charge in [0.25, 0.3) is 0 Å². The molecule has 0 aromatic heterocycles. The van der Waals surface area contributed by atoms with Gasteiger partial charge in [0.2, 0.25) is 0 Å². The van der Waals surface area contributed by atoms with Gasteiger partial charge in [-0.2, -0.15) is 0 Å². The zero-order chi connectivity index (χ0) is 18.4. The highest BCUT2D eigenvalue weighted by Gasteiger charge is 2.35. The second-order valence-electron chi connectivity index (χ2n) is 6.43. The average molecular weight is 352 g/mol. The molecule has 1 aliphatic carbocycles. The van der Waals surface area contributed by atoms with E-state index in [2.05, 4.69) is 6.58 Å². The third-order valence-electron chi connectivity index (χ3n) is 3.99. The highest BCUT2D eigenvalue weighted by Crippen LogP contribution is 2.31. The molecule has 3 unspecified atom stereocenters. The first-order chi connectivity index (χ1) is 11.9. The van der Waals surface area contributed by atoms with Gasteiger partial charge < -0.3 is 18.9 Å². The Morgan fingerprint density at radius 1 is 1.24 bits per heavy atom. The Balaban J connectivity index is 1.84. The van der Waals surface area contributed by atoms with Gasteiger partial charge in [-0.3, -0.25) is 4.79 Å². The van der Waals surface area contributed by atoms with Crippen molar-refractivity contribution in [2.75, 3.05) is 26.4 Å². The maximum atomic E-state index is 12.3. The van der Waals surface area contributed by atoms with Crippen molar-refractivity contribution in [3.05, 3.63) is 23.8 Å². The molecular formula is C18H24O7. The minimum absolute atomic E-state index is 0.0273. The van der Waals surface area contributed by atoms with Crippen molar-refractivity contribution >= 4 is 17.9 Å². The van der Waals surface area contributed by atoms with Crippen LogP contribution in [0.5, 0.6) is 0 Å². The van der Waals surface area contributed by atoms with E-state index < -0.39 is 23.8 Å². The summed E-state index contributed by atoms with van der Waals surface area (Å²) in [6.07, 6.45) is 2.95. The Labute approximate surface area is 146 Å². The van der Waals surface area contributed by atoms with Crippen molar-refractivity contribution in [2.24, 2.45) is 11.8 Å². The average Bonchev–Trinajstić information content (AvgIpc) is 3.40. The van der Waals surface area contributed by atoms with Gasteiger partial charge in [-0.05, 0) is 25.7 Å². The molecule has 25 heavy (non-hydrogen) atoms. The van der Waals surface area contributed by atoms with Crippen molar-refractivity contribution in [2.45, 2.75) is 32.8 Å². The fourth-order valence-corrected chi connectivity index (χ4v) is 2.46. The Kier molecular flexibility index (Phi) is 6.75. The van der Waals surface area contributed by atoms with E-state index in [9.17, 15) is 14.4 Å². The van der Waals surface area contributed by atoms with Crippen LogP contribution in [0.3, 0.4) is 0 Å². The minimum Gasteiger partial charge on any atom is -0.462 e. The van der Waals surface area contributed by atoms with Crippen LogP contribution >= 0.6 is 0 Å². The fraction of sp³-hybridized carbons (Fsp3) is 0.611. The standard InChI is InChI=1S/C18H24O7/c1-11(2)16(19)22-6-7-23-18(21)15-8-12(3)4-5-14(15)17(20)25-10-13-9-24-13/h5,12-13,15H,1,4,6-10H2,2-3H3. The first-order valence-electron chi connectivity index (χ1n) is 8.36. The van der Waals surface area contributed by atoms with Gasteiger partial charge in [0.1, 0.15) is 25.9 Å². The van der Waals surface area contributed by atoms with Crippen LogP contribution in [0.1, 0.15) is 26.7 Å². The third kappa shape index (κ3) is 6.01. The molecule has 0 aromatic rings. The molecule has 0 radical (unpaired) electrons. The Hall–Kier alpha value is -2.15. The summed E-state index contributed by atoms with van der Waals surface area (Å²) < 4.78 is 20.2. The Bertz CT molecular complexity index is 574. The van der Waals surface area contributed by atoms with Crippen LogP contribution in [-0.2, 0) is 33.3 Å². The molecule has 7 heteroatoms. The minimum atomic E-state index is -0.659. The van der Waals surface area contributed by atoms with Gasteiger partial charge in [0.05, 0.1) is 12.5 Å². The van der Waals surface area contributed by atoms with Crippen LogP contribution in [0, 0.1) is 11.8 Å². The van der Waals surface area contributed by atoms with Gasteiger partial charge >= 0.3 is 17.9 Å². The highest BCUT2D eigenvalue weighted by atomic mass is 16.6. The van der Waals surface area contributed by atoms with Crippen molar-refractivity contribution in [1.29, 1.82) is 0 Å². The first-order valence-corrected chi connectivity index (χ1v) is 8.36. The van der Waals surface area contributed by atoms with Crippen molar-refractivity contribution in [1.82, 2.24) is 0 Å². The zero-order valence-electron chi connectivity index (χ0n) is 14.6. The van der Waals surface area contributed by atoms with Crippen LogP contribution in [0.25, 0.3) is 0 Å². The summed E-state index contributed by atoms with van der Waals surface area (Å²) in [4.78, 5) is 35.8. The van der Waals surface area contributed by atoms with Crippen LogP contribution in [-0.4, -0.2) is 50.4 Å². The number of carbonyl (C=O) groups excluding carboxylic acids is 3. The van der Waals surface area contributed by atoms with E-state index in [0.29, 0.717) is 25.0 Å². The third-order valence-corrected chi connectivity index (χ3v) is 3.99. The van der Waals surface area contributed by atoms with Crippen molar-refractivity contribution in [3.8, 4) is 0 Å².